The van der Waals surface area contributed by atoms with Crippen LogP contribution in [0.4, 0.5) is 10.1 Å². The van der Waals surface area contributed by atoms with Crippen LogP contribution in [-0.4, -0.2) is 67.2 Å². The molecule has 0 spiro atoms. The van der Waals surface area contributed by atoms with Gasteiger partial charge in [0.1, 0.15) is 23.9 Å². The van der Waals surface area contributed by atoms with Gasteiger partial charge in [-0.05, 0) is 67.7 Å². The molecule has 234 valence electrons. The molecule has 1 saturated heterocycles. The van der Waals surface area contributed by atoms with Crippen molar-refractivity contribution in [1.29, 1.82) is 0 Å². The summed E-state index contributed by atoms with van der Waals surface area (Å²) in [6.45, 7) is 7.53. The normalized spacial score (nSPS) is 13.7. The Morgan fingerprint density at radius 3 is 2.76 bits per heavy atom. The molecule has 0 unspecified atom stereocenters. The van der Waals surface area contributed by atoms with E-state index in [2.05, 4.69) is 35.4 Å². The van der Waals surface area contributed by atoms with Gasteiger partial charge in [0.15, 0.2) is 5.82 Å². The van der Waals surface area contributed by atoms with Crippen molar-refractivity contribution in [3.63, 3.8) is 0 Å². The fourth-order valence-electron chi connectivity index (χ4n) is 5.96. The second-order valence-corrected chi connectivity index (χ2v) is 12.2. The predicted octanol–water partition coefficient (Wildman–Crippen LogP) is 6.83. The third-order valence-corrected chi connectivity index (χ3v) is 8.15. The Morgan fingerprint density at radius 1 is 1.04 bits per heavy atom. The summed E-state index contributed by atoms with van der Waals surface area (Å²) >= 11 is 0. The number of pyridine rings is 2. The number of hydrogen-bond acceptors (Lipinski definition) is 7. The fraction of sp³-hybridized carbons (Fsp3) is 0.286. The molecule has 1 fully saturated rings. The number of amides is 1. The Hall–Kier alpha value is -5.16. The van der Waals surface area contributed by atoms with Crippen LogP contribution in [0.15, 0.2) is 67.1 Å². The number of benzene rings is 2. The van der Waals surface area contributed by atoms with Crippen LogP contribution in [-0.2, 0) is 4.79 Å². The number of para-hydroxylation sites is 1. The van der Waals surface area contributed by atoms with E-state index in [-0.39, 0.29) is 17.6 Å². The number of fused-ring (bicyclic) bond motifs is 2. The molecule has 1 aliphatic heterocycles. The lowest BCUT2D eigenvalue weighted by Gasteiger charge is -2.15. The molecule has 1 amide bonds. The van der Waals surface area contributed by atoms with E-state index in [1.165, 1.54) is 25.0 Å². The number of nitrogens with zero attached hydrogens (tertiary/aromatic N) is 5. The maximum atomic E-state index is 14.8. The topological polar surface area (TPSA) is 125 Å². The number of aromatic amines is 2. The average Bonchev–Trinajstić information content (AvgIpc) is 3.80. The maximum Gasteiger partial charge on any atom is 0.224 e. The van der Waals surface area contributed by atoms with Gasteiger partial charge in [0.25, 0.3) is 0 Å². The molecule has 5 heterocycles. The number of halogens is 1. The number of nitrogens with one attached hydrogen (secondary N) is 3. The minimum absolute atomic E-state index is 0.0572. The molecule has 7 rings (SSSR count). The molecule has 0 saturated carbocycles. The van der Waals surface area contributed by atoms with Gasteiger partial charge in [0.05, 0.1) is 40.3 Å². The van der Waals surface area contributed by atoms with Crippen molar-refractivity contribution in [3.05, 3.63) is 72.9 Å². The van der Waals surface area contributed by atoms with Crippen LogP contribution in [0.2, 0.25) is 0 Å². The molecule has 46 heavy (non-hydrogen) atoms. The second kappa shape index (κ2) is 12.7. The number of aromatic nitrogens is 6. The SMILES string of the molecule is CC(C)CC(=O)Nc1cncc(-c2cc3c(-c4nc5c(-c6cc(F)cc(OCCN7CCCC7)c6)cccc5[nH]4)n[nH]c3cn2)c1. The largest absolute Gasteiger partial charge is 0.492 e. The Bertz CT molecular complexity index is 2030. The van der Waals surface area contributed by atoms with Crippen LogP contribution >= 0.6 is 0 Å². The van der Waals surface area contributed by atoms with E-state index in [4.69, 9.17) is 9.72 Å². The van der Waals surface area contributed by atoms with E-state index in [9.17, 15) is 9.18 Å². The molecule has 4 aromatic heterocycles. The van der Waals surface area contributed by atoms with Gasteiger partial charge < -0.3 is 15.0 Å². The molecule has 11 heteroatoms. The highest BCUT2D eigenvalue weighted by molar-refractivity contribution is 5.98. The molecule has 1 aliphatic rings. The number of hydrogen-bond donors (Lipinski definition) is 3. The van der Waals surface area contributed by atoms with E-state index in [0.29, 0.717) is 52.8 Å². The number of likely N-dealkylation sites (tertiary alicyclic amines) is 1. The van der Waals surface area contributed by atoms with Crippen molar-refractivity contribution in [1.82, 2.24) is 35.0 Å². The summed E-state index contributed by atoms with van der Waals surface area (Å²) in [5.41, 5.74) is 6.39. The zero-order chi connectivity index (χ0) is 31.6. The first kappa shape index (κ1) is 29.5. The second-order valence-electron chi connectivity index (χ2n) is 12.2. The molecule has 0 bridgehead atoms. The molecule has 10 nitrogen and oxygen atoms in total. The van der Waals surface area contributed by atoms with Gasteiger partial charge in [-0.3, -0.25) is 24.8 Å². The molecular formula is C35H35FN8O2. The molecule has 0 radical (unpaired) electrons. The summed E-state index contributed by atoms with van der Waals surface area (Å²) in [6.07, 6.45) is 7.92. The smallest absolute Gasteiger partial charge is 0.224 e. The van der Waals surface area contributed by atoms with Gasteiger partial charge in [-0.2, -0.15) is 5.10 Å². The number of ether oxygens (including phenoxy) is 1. The Labute approximate surface area is 265 Å². The molecule has 2 aromatic carbocycles. The lowest BCUT2D eigenvalue weighted by Crippen LogP contribution is -2.25. The third-order valence-electron chi connectivity index (χ3n) is 8.15. The van der Waals surface area contributed by atoms with Gasteiger partial charge in [-0.1, -0.05) is 26.0 Å². The van der Waals surface area contributed by atoms with Crippen molar-refractivity contribution in [3.8, 4) is 39.7 Å². The van der Waals surface area contributed by atoms with E-state index >= 15 is 0 Å². The zero-order valence-electron chi connectivity index (χ0n) is 25.8. The summed E-state index contributed by atoms with van der Waals surface area (Å²) in [7, 11) is 0. The van der Waals surface area contributed by atoms with Crippen LogP contribution < -0.4 is 10.1 Å². The molecular weight excluding hydrogens is 583 g/mol. The minimum atomic E-state index is -0.363. The number of carbonyl (C=O) groups is 1. The van der Waals surface area contributed by atoms with Crippen LogP contribution in [0, 0.1) is 11.7 Å². The first-order valence-corrected chi connectivity index (χ1v) is 15.6. The van der Waals surface area contributed by atoms with Crippen molar-refractivity contribution < 1.29 is 13.9 Å². The first-order chi connectivity index (χ1) is 22.4. The number of rotatable bonds is 10. The van der Waals surface area contributed by atoms with Gasteiger partial charge in [0.2, 0.25) is 5.91 Å². The highest BCUT2D eigenvalue weighted by atomic mass is 19.1. The first-order valence-electron chi connectivity index (χ1n) is 15.6. The number of imidazole rings is 1. The highest BCUT2D eigenvalue weighted by Gasteiger charge is 2.18. The Kier molecular flexibility index (Phi) is 8.15. The van der Waals surface area contributed by atoms with E-state index in [1.807, 2.05) is 50.2 Å². The molecule has 0 aliphatic carbocycles. The lowest BCUT2D eigenvalue weighted by atomic mass is 10.0. The standard InChI is InChI=1S/C35H35FN8O2/c1-21(2)12-32(45)39-25-14-23(18-37-19-25)30-17-28-31(20-38-30)42-43-34(28)35-40-29-7-5-6-27(33(29)41-35)22-13-24(36)16-26(15-22)46-11-10-44-8-3-4-9-44/h5-7,13-21H,3-4,8-12H2,1-2H3,(H,39,45)(H,40,41)(H,42,43). The average molecular weight is 619 g/mol. The van der Waals surface area contributed by atoms with Crippen molar-refractivity contribution in [2.75, 3.05) is 31.6 Å². The van der Waals surface area contributed by atoms with Crippen molar-refractivity contribution in [2.24, 2.45) is 5.92 Å². The lowest BCUT2D eigenvalue weighted by molar-refractivity contribution is -0.116. The van der Waals surface area contributed by atoms with Crippen molar-refractivity contribution in [2.45, 2.75) is 33.1 Å². The van der Waals surface area contributed by atoms with Gasteiger partial charge in [0, 0.05) is 41.7 Å². The summed E-state index contributed by atoms with van der Waals surface area (Å²) in [5, 5.41) is 11.4. The molecule has 3 N–H and O–H groups in total. The zero-order valence-corrected chi connectivity index (χ0v) is 25.8. The van der Waals surface area contributed by atoms with E-state index in [1.54, 1.807) is 18.6 Å². The van der Waals surface area contributed by atoms with Gasteiger partial charge >= 0.3 is 0 Å². The quantitative estimate of drug-likeness (QED) is 0.154. The summed E-state index contributed by atoms with van der Waals surface area (Å²) in [6, 6.07) is 14.4. The monoisotopic (exact) mass is 618 g/mol. The number of H-pyrrole nitrogens is 2. The Balaban J connectivity index is 1.18. The van der Waals surface area contributed by atoms with Crippen LogP contribution in [0.5, 0.6) is 5.75 Å². The van der Waals surface area contributed by atoms with Crippen LogP contribution in [0.1, 0.15) is 33.1 Å². The molecule has 0 atom stereocenters. The summed E-state index contributed by atoms with van der Waals surface area (Å²) in [5.74, 6) is 0.899. The van der Waals surface area contributed by atoms with Crippen LogP contribution in [0.3, 0.4) is 0 Å². The molecule has 6 aromatic rings. The number of anilines is 1. The van der Waals surface area contributed by atoms with Gasteiger partial charge in [-0.25, -0.2) is 9.37 Å². The summed E-state index contributed by atoms with van der Waals surface area (Å²) < 4.78 is 20.8. The number of carbonyl (C=O) groups excluding carboxylic acids is 1. The minimum Gasteiger partial charge on any atom is -0.492 e. The van der Waals surface area contributed by atoms with Crippen molar-refractivity contribution >= 4 is 33.5 Å². The van der Waals surface area contributed by atoms with Gasteiger partial charge in [-0.15, -0.1) is 0 Å². The predicted molar refractivity (Wildman–Crippen MR) is 177 cm³/mol. The van der Waals surface area contributed by atoms with Crippen LogP contribution in [0.25, 0.3) is 55.8 Å². The fourth-order valence-corrected chi connectivity index (χ4v) is 5.96. The van der Waals surface area contributed by atoms with E-state index < -0.39 is 0 Å². The summed E-state index contributed by atoms with van der Waals surface area (Å²) in [4.78, 5) is 31.9. The highest BCUT2D eigenvalue weighted by Crippen LogP contribution is 2.34. The third kappa shape index (κ3) is 6.32. The van der Waals surface area contributed by atoms with E-state index in [0.717, 1.165) is 47.2 Å². The Morgan fingerprint density at radius 2 is 1.91 bits per heavy atom. The maximum absolute atomic E-state index is 14.8.